The summed E-state index contributed by atoms with van der Waals surface area (Å²) in [5, 5.41) is 3.13. The van der Waals surface area contributed by atoms with Gasteiger partial charge in [0.2, 0.25) is 0 Å². The molecular weight excluding hydrogens is 232 g/mol. The molecule has 0 atom stereocenters. The lowest BCUT2D eigenvalue weighted by molar-refractivity contribution is 0.508. The van der Waals surface area contributed by atoms with Gasteiger partial charge in [-0.2, -0.15) is 0 Å². The van der Waals surface area contributed by atoms with Gasteiger partial charge >= 0.3 is 0 Å². The molecule has 0 unspecified atom stereocenters. The lowest BCUT2D eigenvalue weighted by Crippen LogP contribution is -2.29. The zero-order valence-corrected chi connectivity index (χ0v) is 9.53. The maximum absolute atomic E-state index is 12.9. The number of halogens is 2. The van der Waals surface area contributed by atoms with Crippen LogP contribution in [-0.4, -0.2) is 21.8 Å². The van der Waals surface area contributed by atoms with Gasteiger partial charge in [0.1, 0.15) is 0 Å². The van der Waals surface area contributed by atoms with Crippen LogP contribution < -0.4 is 5.32 Å². The fourth-order valence-electron chi connectivity index (χ4n) is 1.76. The van der Waals surface area contributed by atoms with E-state index in [1.54, 1.807) is 0 Å². The predicted octanol–water partition coefficient (Wildman–Crippen LogP) is 2.29. The van der Waals surface area contributed by atoms with Crippen LogP contribution >= 0.6 is 0 Å². The highest BCUT2D eigenvalue weighted by atomic mass is 32.2. The molecule has 1 aliphatic rings. The van der Waals surface area contributed by atoms with Crippen LogP contribution in [-0.2, 0) is 10.8 Å². The summed E-state index contributed by atoms with van der Waals surface area (Å²) in [5.74, 6) is -0.317. The van der Waals surface area contributed by atoms with Crippen LogP contribution in [0.15, 0.2) is 18.2 Å². The summed E-state index contributed by atoms with van der Waals surface area (Å²) in [6.45, 7) is 0. The molecule has 0 saturated carbocycles. The number of hydrogen-bond acceptors (Lipinski definition) is 2. The fourth-order valence-corrected chi connectivity index (χ4v) is 3.06. The second kappa shape index (κ2) is 4.91. The predicted molar refractivity (Wildman–Crippen MR) is 60.9 cm³/mol. The van der Waals surface area contributed by atoms with Crippen molar-refractivity contribution in [3.05, 3.63) is 29.8 Å². The number of nitrogens with one attached hydrogen (secondary N) is 1. The Morgan fingerprint density at radius 3 is 2.50 bits per heavy atom. The molecule has 0 amide bonds. The number of hydrogen-bond donors (Lipinski definition) is 1. The lowest BCUT2D eigenvalue weighted by Gasteiger charge is -2.23. The van der Waals surface area contributed by atoms with E-state index in [9.17, 15) is 13.0 Å². The standard InChI is InChI=1S/C11H13F2NOS/c12-10-2-1-9(7-11(10)13)14-8-3-5-16(15)6-4-8/h1-2,7-8,14H,3-6H2. The molecular formula is C11H13F2NOS. The average Bonchev–Trinajstić information content (AvgIpc) is 2.27. The highest BCUT2D eigenvalue weighted by molar-refractivity contribution is 7.85. The Kier molecular flexibility index (Phi) is 3.53. The van der Waals surface area contributed by atoms with E-state index in [4.69, 9.17) is 0 Å². The largest absolute Gasteiger partial charge is 0.382 e. The third-order valence-corrected chi connectivity index (χ3v) is 4.06. The molecule has 5 heteroatoms. The third kappa shape index (κ3) is 2.78. The van der Waals surface area contributed by atoms with Crippen molar-refractivity contribution in [3.63, 3.8) is 0 Å². The zero-order chi connectivity index (χ0) is 11.5. The SMILES string of the molecule is O=S1CCC(Nc2ccc(F)c(F)c2)CC1. The molecule has 0 radical (unpaired) electrons. The van der Waals surface area contributed by atoms with E-state index in [0.717, 1.165) is 25.0 Å². The summed E-state index contributed by atoms with van der Waals surface area (Å²) < 4.78 is 36.8. The maximum atomic E-state index is 12.9. The molecule has 0 aromatic heterocycles. The topological polar surface area (TPSA) is 29.1 Å². The average molecular weight is 245 g/mol. The summed E-state index contributed by atoms with van der Waals surface area (Å²) >= 11 is 0. The van der Waals surface area contributed by atoms with Crippen molar-refractivity contribution >= 4 is 16.5 Å². The van der Waals surface area contributed by atoms with Crippen molar-refractivity contribution in [1.29, 1.82) is 0 Å². The summed E-state index contributed by atoms with van der Waals surface area (Å²) in [4.78, 5) is 0. The van der Waals surface area contributed by atoms with Crippen molar-refractivity contribution in [2.24, 2.45) is 0 Å². The van der Waals surface area contributed by atoms with E-state index in [2.05, 4.69) is 5.32 Å². The first-order valence-electron chi connectivity index (χ1n) is 5.22. The van der Waals surface area contributed by atoms with Gasteiger partial charge in [0.25, 0.3) is 0 Å². The van der Waals surface area contributed by atoms with Gasteiger partial charge in [-0.15, -0.1) is 0 Å². The molecule has 2 rings (SSSR count). The second-order valence-electron chi connectivity index (χ2n) is 3.90. The Hall–Kier alpha value is -0.970. The molecule has 1 fully saturated rings. The van der Waals surface area contributed by atoms with Crippen LogP contribution in [0, 0.1) is 11.6 Å². The van der Waals surface area contributed by atoms with Crippen LogP contribution in [0.25, 0.3) is 0 Å². The van der Waals surface area contributed by atoms with Crippen LogP contribution in [0.5, 0.6) is 0 Å². The van der Waals surface area contributed by atoms with Gasteiger partial charge in [0, 0.05) is 40.1 Å². The first kappa shape index (κ1) is 11.5. The summed E-state index contributed by atoms with van der Waals surface area (Å²) in [5.41, 5.74) is 0.580. The fraction of sp³-hybridized carbons (Fsp3) is 0.455. The van der Waals surface area contributed by atoms with Gasteiger partial charge in [-0.1, -0.05) is 0 Å². The quantitative estimate of drug-likeness (QED) is 0.866. The molecule has 1 aliphatic heterocycles. The normalized spacial score (nSPS) is 25.4. The molecule has 1 aromatic carbocycles. The summed E-state index contributed by atoms with van der Waals surface area (Å²) in [6.07, 6.45) is 1.62. The Balaban J connectivity index is 1.98. The van der Waals surface area contributed by atoms with Crippen LogP contribution in [0.4, 0.5) is 14.5 Å². The first-order chi connectivity index (χ1) is 7.65. The van der Waals surface area contributed by atoms with E-state index in [0.29, 0.717) is 17.2 Å². The van der Waals surface area contributed by atoms with Crippen LogP contribution in [0.2, 0.25) is 0 Å². The second-order valence-corrected chi connectivity index (χ2v) is 5.59. The minimum atomic E-state index is -0.843. The van der Waals surface area contributed by atoms with Crippen molar-refractivity contribution in [1.82, 2.24) is 0 Å². The third-order valence-electron chi connectivity index (χ3n) is 2.68. The summed E-state index contributed by atoms with van der Waals surface area (Å²) in [7, 11) is -0.701. The van der Waals surface area contributed by atoms with E-state index in [1.807, 2.05) is 0 Å². The van der Waals surface area contributed by atoms with Crippen molar-refractivity contribution in [2.75, 3.05) is 16.8 Å². The molecule has 16 heavy (non-hydrogen) atoms. The van der Waals surface area contributed by atoms with E-state index >= 15 is 0 Å². The number of benzene rings is 1. The molecule has 88 valence electrons. The Morgan fingerprint density at radius 2 is 1.88 bits per heavy atom. The Bertz CT molecular complexity index is 401. The number of anilines is 1. The smallest absolute Gasteiger partial charge is 0.160 e. The van der Waals surface area contributed by atoms with Gasteiger partial charge in [0.15, 0.2) is 11.6 Å². The molecule has 1 saturated heterocycles. The molecule has 0 bridgehead atoms. The molecule has 1 heterocycles. The summed E-state index contributed by atoms with van der Waals surface area (Å²) in [6, 6.07) is 3.99. The van der Waals surface area contributed by atoms with Crippen LogP contribution in [0.1, 0.15) is 12.8 Å². The maximum Gasteiger partial charge on any atom is 0.160 e. The zero-order valence-electron chi connectivity index (χ0n) is 8.71. The first-order valence-corrected chi connectivity index (χ1v) is 6.70. The van der Waals surface area contributed by atoms with E-state index in [1.165, 1.54) is 6.07 Å². The molecule has 1 N–H and O–H groups in total. The number of rotatable bonds is 2. The molecule has 0 spiro atoms. The minimum Gasteiger partial charge on any atom is -0.382 e. The van der Waals surface area contributed by atoms with Gasteiger partial charge in [-0.3, -0.25) is 4.21 Å². The lowest BCUT2D eigenvalue weighted by atomic mass is 10.1. The molecule has 2 nitrogen and oxygen atoms in total. The van der Waals surface area contributed by atoms with Gasteiger partial charge in [-0.25, -0.2) is 8.78 Å². The molecule has 0 aliphatic carbocycles. The van der Waals surface area contributed by atoms with Gasteiger partial charge in [0.05, 0.1) is 0 Å². The van der Waals surface area contributed by atoms with Crippen molar-refractivity contribution in [3.8, 4) is 0 Å². The Morgan fingerprint density at radius 1 is 1.19 bits per heavy atom. The van der Waals surface area contributed by atoms with Crippen molar-refractivity contribution < 1.29 is 13.0 Å². The highest BCUT2D eigenvalue weighted by Crippen LogP contribution is 2.18. The molecule has 1 aromatic rings. The Labute approximate surface area is 95.5 Å². The van der Waals surface area contributed by atoms with E-state index in [-0.39, 0.29) is 6.04 Å². The van der Waals surface area contributed by atoms with E-state index < -0.39 is 22.4 Å². The van der Waals surface area contributed by atoms with Gasteiger partial charge in [-0.05, 0) is 25.0 Å². The minimum absolute atomic E-state index is 0.211. The van der Waals surface area contributed by atoms with Crippen LogP contribution in [0.3, 0.4) is 0 Å². The monoisotopic (exact) mass is 245 g/mol. The van der Waals surface area contributed by atoms with Gasteiger partial charge < -0.3 is 5.32 Å². The van der Waals surface area contributed by atoms with Crippen molar-refractivity contribution in [2.45, 2.75) is 18.9 Å². The highest BCUT2D eigenvalue weighted by Gasteiger charge is 2.17.